The SMILES string of the molecule is C=O.CC(C)(C)c1[nH]ncc1C(=O)CC1CCOCC1. The number of rotatable bonds is 3. The zero-order valence-electron chi connectivity index (χ0n) is 12.6. The predicted octanol–water partition coefficient (Wildman–Crippen LogP) is 2.52. The second-order valence-electron chi connectivity index (χ2n) is 6.09. The van der Waals surface area contributed by atoms with Gasteiger partial charge in [0.05, 0.1) is 17.5 Å². The van der Waals surface area contributed by atoms with E-state index in [0.29, 0.717) is 12.3 Å². The molecule has 0 bridgehead atoms. The highest BCUT2D eigenvalue weighted by molar-refractivity contribution is 5.97. The van der Waals surface area contributed by atoms with Crippen LogP contribution in [0.3, 0.4) is 0 Å². The molecule has 1 aromatic rings. The average molecular weight is 280 g/mol. The molecule has 0 aromatic carbocycles. The topological polar surface area (TPSA) is 72.0 Å². The molecule has 2 heterocycles. The zero-order chi connectivity index (χ0) is 15.2. The lowest BCUT2D eigenvalue weighted by atomic mass is 9.86. The van der Waals surface area contributed by atoms with Gasteiger partial charge in [-0.1, -0.05) is 20.8 Å². The molecule has 112 valence electrons. The molecule has 1 fully saturated rings. The van der Waals surface area contributed by atoms with E-state index in [0.717, 1.165) is 37.3 Å². The van der Waals surface area contributed by atoms with Gasteiger partial charge in [-0.15, -0.1) is 0 Å². The third-order valence-electron chi connectivity index (χ3n) is 3.50. The molecule has 0 aliphatic carbocycles. The van der Waals surface area contributed by atoms with Crippen LogP contribution in [0.1, 0.15) is 56.1 Å². The van der Waals surface area contributed by atoms with Crippen LogP contribution >= 0.6 is 0 Å². The largest absolute Gasteiger partial charge is 0.381 e. The van der Waals surface area contributed by atoms with Crippen LogP contribution in [0.15, 0.2) is 6.20 Å². The van der Waals surface area contributed by atoms with E-state index in [4.69, 9.17) is 9.53 Å². The minimum atomic E-state index is -0.0723. The van der Waals surface area contributed by atoms with E-state index in [1.807, 2.05) is 6.79 Å². The van der Waals surface area contributed by atoms with Crippen LogP contribution in [-0.4, -0.2) is 36.0 Å². The third-order valence-corrected chi connectivity index (χ3v) is 3.50. The number of ketones is 1. The molecule has 0 radical (unpaired) electrons. The first kappa shape index (κ1) is 16.6. The Morgan fingerprint density at radius 3 is 2.55 bits per heavy atom. The lowest BCUT2D eigenvalue weighted by Crippen LogP contribution is -2.21. The van der Waals surface area contributed by atoms with Crippen molar-refractivity contribution in [1.82, 2.24) is 10.2 Å². The molecule has 1 aromatic heterocycles. The number of Topliss-reactive ketones (excluding diaryl/α,β-unsaturated/α-hetero) is 1. The number of carbonyl (C=O) groups excluding carboxylic acids is 2. The van der Waals surface area contributed by atoms with Gasteiger partial charge in [-0.25, -0.2) is 0 Å². The highest BCUT2D eigenvalue weighted by atomic mass is 16.5. The van der Waals surface area contributed by atoms with Gasteiger partial charge in [-0.05, 0) is 18.8 Å². The molecule has 1 aliphatic heterocycles. The van der Waals surface area contributed by atoms with Gasteiger partial charge in [0.25, 0.3) is 0 Å². The first-order valence-electron chi connectivity index (χ1n) is 6.92. The Labute approximate surface area is 120 Å². The van der Waals surface area contributed by atoms with Crippen LogP contribution < -0.4 is 0 Å². The molecule has 20 heavy (non-hydrogen) atoms. The quantitative estimate of drug-likeness (QED) is 0.864. The average Bonchev–Trinajstić information content (AvgIpc) is 2.91. The van der Waals surface area contributed by atoms with E-state index >= 15 is 0 Å². The van der Waals surface area contributed by atoms with Crippen LogP contribution in [-0.2, 0) is 14.9 Å². The summed E-state index contributed by atoms with van der Waals surface area (Å²) >= 11 is 0. The Bertz CT molecular complexity index is 429. The number of ether oxygens (including phenoxy) is 1. The molecule has 0 atom stereocenters. The molecule has 5 nitrogen and oxygen atoms in total. The number of carbonyl (C=O) groups is 2. The van der Waals surface area contributed by atoms with Crippen molar-refractivity contribution < 1.29 is 14.3 Å². The fourth-order valence-corrected chi connectivity index (χ4v) is 2.39. The molecule has 1 N–H and O–H groups in total. The Kier molecular flexibility index (Phi) is 6.07. The lowest BCUT2D eigenvalue weighted by Gasteiger charge is -2.22. The van der Waals surface area contributed by atoms with E-state index in [2.05, 4.69) is 31.0 Å². The highest BCUT2D eigenvalue weighted by Crippen LogP contribution is 2.27. The fourth-order valence-electron chi connectivity index (χ4n) is 2.39. The van der Waals surface area contributed by atoms with Crippen LogP contribution in [0.2, 0.25) is 0 Å². The van der Waals surface area contributed by atoms with Gasteiger partial charge in [0.1, 0.15) is 6.79 Å². The van der Waals surface area contributed by atoms with Crippen molar-refractivity contribution in [3.05, 3.63) is 17.5 Å². The number of nitrogens with one attached hydrogen (secondary N) is 1. The van der Waals surface area contributed by atoms with E-state index in [-0.39, 0.29) is 11.2 Å². The Balaban J connectivity index is 0.000000956. The van der Waals surface area contributed by atoms with Crippen LogP contribution in [0, 0.1) is 5.92 Å². The van der Waals surface area contributed by atoms with Crippen LogP contribution in [0.4, 0.5) is 0 Å². The number of aromatic nitrogens is 2. The molecule has 2 rings (SSSR count). The minimum absolute atomic E-state index is 0.0723. The van der Waals surface area contributed by atoms with Crippen molar-refractivity contribution in [1.29, 1.82) is 0 Å². The van der Waals surface area contributed by atoms with Gasteiger partial charge < -0.3 is 9.53 Å². The molecule has 0 saturated carbocycles. The summed E-state index contributed by atoms with van der Waals surface area (Å²) in [6, 6.07) is 0. The summed E-state index contributed by atoms with van der Waals surface area (Å²) in [6.07, 6.45) is 4.27. The second kappa shape index (κ2) is 7.33. The van der Waals surface area contributed by atoms with Crippen molar-refractivity contribution >= 4 is 12.6 Å². The zero-order valence-corrected chi connectivity index (χ0v) is 12.6. The van der Waals surface area contributed by atoms with Crippen LogP contribution in [0.25, 0.3) is 0 Å². The Morgan fingerprint density at radius 1 is 1.40 bits per heavy atom. The molecule has 1 aliphatic rings. The lowest BCUT2D eigenvalue weighted by molar-refractivity contribution is -0.0980. The standard InChI is InChI=1S/C14H22N2O2.CH2O/c1-14(2,3)13-11(9-15-16-13)12(17)8-10-4-6-18-7-5-10;1-2/h9-10H,4-8H2,1-3H3,(H,15,16);1H2. The van der Waals surface area contributed by atoms with Crippen molar-refractivity contribution in [3.63, 3.8) is 0 Å². The number of aromatic amines is 1. The first-order valence-corrected chi connectivity index (χ1v) is 6.92. The van der Waals surface area contributed by atoms with Crippen molar-refractivity contribution in [3.8, 4) is 0 Å². The third kappa shape index (κ3) is 4.27. The fraction of sp³-hybridized carbons (Fsp3) is 0.667. The van der Waals surface area contributed by atoms with Gasteiger partial charge in [-0.3, -0.25) is 9.89 Å². The molecule has 0 spiro atoms. The summed E-state index contributed by atoms with van der Waals surface area (Å²) in [7, 11) is 0. The molecule has 5 heteroatoms. The monoisotopic (exact) mass is 280 g/mol. The summed E-state index contributed by atoms with van der Waals surface area (Å²) in [5, 5.41) is 7.00. The van der Waals surface area contributed by atoms with Gasteiger partial charge >= 0.3 is 0 Å². The molecule has 1 saturated heterocycles. The smallest absolute Gasteiger partial charge is 0.166 e. The summed E-state index contributed by atoms with van der Waals surface area (Å²) in [5.41, 5.74) is 1.63. The van der Waals surface area contributed by atoms with Gasteiger partial charge in [-0.2, -0.15) is 5.10 Å². The maximum absolute atomic E-state index is 12.3. The van der Waals surface area contributed by atoms with Gasteiger partial charge in [0.15, 0.2) is 5.78 Å². The summed E-state index contributed by atoms with van der Waals surface area (Å²) in [6.45, 7) is 9.84. The molecule has 0 unspecified atom stereocenters. The minimum Gasteiger partial charge on any atom is -0.381 e. The number of nitrogens with zero attached hydrogens (tertiary/aromatic N) is 1. The Morgan fingerprint density at radius 2 is 2.00 bits per heavy atom. The number of hydrogen-bond acceptors (Lipinski definition) is 4. The first-order chi connectivity index (χ1) is 9.48. The van der Waals surface area contributed by atoms with E-state index in [9.17, 15) is 4.79 Å². The maximum Gasteiger partial charge on any atom is 0.166 e. The highest BCUT2D eigenvalue weighted by Gasteiger charge is 2.26. The van der Waals surface area contributed by atoms with E-state index < -0.39 is 0 Å². The van der Waals surface area contributed by atoms with E-state index in [1.165, 1.54) is 0 Å². The summed E-state index contributed by atoms with van der Waals surface area (Å²) in [4.78, 5) is 20.3. The van der Waals surface area contributed by atoms with E-state index in [1.54, 1.807) is 6.20 Å². The molecular formula is C15H24N2O3. The number of hydrogen-bond donors (Lipinski definition) is 1. The number of H-pyrrole nitrogens is 1. The molecule has 0 amide bonds. The summed E-state index contributed by atoms with van der Waals surface area (Å²) < 4.78 is 5.32. The van der Waals surface area contributed by atoms with Crippen molar-refractivity contribution in [2.75, 3.05) is 13.2 Å². The predicted molar refractivity (Wildman–Crippen MR) is 76.9 cm³/mol. The molecular weight excluding hydrogens is 256 g/mol. The van der Waals surface area contributed by atoms with Crippen molar-refractivity contribution in [2.45, 2.75) is 45.4 Å². The van der Waals surface area contributed by atoms with Crippen LogP contribution in [0.5, 0.6) is 0 Å². The summed E-state index contributed by atoms with van der Waals surface area (Å²) in [5.74, 6) is 0.676. The van der Waals surface area contributed by atoms with Crippen molar-refractivity contribution in [2.24, 2.45) is 5.92 Å². The maximum atomic E-state index is 12.3. The Hall–Kier alpha value is -1.49. The second-order valence-corrected chi connectivity index (χ2v) is 6.09. The van der Waals surface area contributed by atoms with Gasteiger partial charge in [0.2, 0.25) is 0 Å². The van der Waals surface area contributed by atoms with Gasteiger partial charge in [0, 0.05) is 25.0 Å². The normalized spacial score (nSPS) is 16.4.